The van der Waals surface area contributed by atoms with Crippen molar-refractivity contribution in [3.05, 3.63) is 0 Å². The summed E-state index contributed by atoms with van der Waals surface area (Å²) in [5, 5.41) is 7.01. The van der Waals surface area contributed by atoms with E-state index in [9.17, 15) is 0 Å². The normalized spacial score (nSPS) is 39.4. The van der Waals surface area contributed by atoms with E-state index < -0.39 is 0 Å². The first-order valence-electron chi connectivity index (χ1n) is 6.10. The molecule has 14 heavy (non-hydrogen) atoms. The molecule has 0 unspecified atom stereocenters. The van der Waals surface area contributed by atoms with Gasteiger partial charge in [-0.1, -0.05) is 0 Å². The zero-order valence-electron chi connectivity index (χ0n) is 8.84. The van der Waals surface area contributed by atoms with E-state index in [0.29, 0.717) is 0 Å². The Morgan fingerprint density at radius 1 is 1.21 bits per heavy atom. The highest BCUT2D eigenvalue weighted by atomic mass is 15.3. The van der Waals surface area contributed by atoms with Crippen LogP contribution in [-0.4, -0.2) is 49.7 Å². The maximum absolute atomic E-state index is 3.57. The van der Waals surface area contributed by atoms with Crippen LogP contribution in [-0.2, 0) is 0 Å². The number of nitrogens with zero attached hydrogens (tertiary/aromatic N) is 1. The van der Waals surface area contributed by atoms with E-state index in [0.717, 1.165) is 18.0 Å². The number of likely N-dealkylation sites (tertiary alicyclic amines) is 1. The third kappa shape index (κ3) is 1.69. The van der Waals surface area contributed by atoms with Crippen LogP contribution in [0.5, 0.6) is 0 Å². The highest BCUT2D eigenvalue weighted by molar-refractivity contribution is 4.97. The van der Waals surface area contributed by atoms with Crippen LogP contribution in [0, 0.1) is 5.92 Å². The van der Waals surface area contributed by atoms with Gasteiger partial charge >= 0.3 is 0 Å². The molecule has 2 bridgehead atoms. The van der Waals surface area contributed by atoms with Crippen molar-refractivity contribution in [2.24, 2.45) is 5.92 Å². The Morgan fingerprint density at radius 2 is 2.07 bits per heavy atom. The number of piperazine rings is 1. The van der Waals surface area contributed by atoms with E-state index in [4.69, 9.17) is 0 Å². The Bertz CT molecular complexity index is 201. The summed E-state index contributed by atoms with van der Waals surface area (Å²) in [6.07, 6.45) is 4.19. The number of nitrogens with one attached hydrogen (secondary N) is 2. The standard InChI is InChI=1S/C11H21N3/c1-3-12-4-2-9(1)7-14-8-10-5-11(14)6-13-10/h9-13H,1-8H2/t10-,11-/m1/s1. The second-order valence-corrected chi connectivity index (χ2v) is 5.14. The van der Waals surface area contributed by atoms with Gasteiger partial charge in [0, 0.05) is 31.7 Å². The van der Waals surface area contributed by atoms with Crippen molar-refractivity contribution in [3.63, 3.8) is 0 Å². The minimum absolute atomic E-state index is 0.821. The molecule has 0 aliphatic carbocycles. The number of piperidine rings is 1. The fourth-order valence-corrected chi connectivity index (χ4v) is 3.27. The molecule has 2 N–H and O–H groups in total. The number of rotatable bonds is 2. The Labute approximate surface area is 86.2 Å². The van der Waals surface area contributed by atoms with Crippen LogP contribution in [0.3, 0.4) is 0 Å². The van der Waals surface area contributed by atoms with Crippen LogP contribution < -0.4 is 10.6 Å². The molecule has 3 nitrogen and oxygen atoms in total. The van der Waals surface area contributed by atoms with Crippen LogP contribution >= 0.6 is 0 Å². The molecular weight excluding hydrogens is 174 g/mol. The summed E-state index contributed by atoms with van der Waals surface area (Å²) in [5.41, 5.74) is 0. The quantitative estimate of drug-likeness (QED) is 0.651. The second kappa shape index (κ2) is 3.80. The molecule has 0 saturated carbocycles. The fraction of sp³-hybridized carbons (Fsp3) is 1.00. The van der Waals surface area contributed by atoms with Gasteiger partial charge in [0.05, 0.1) is 0 Å². The molecular formula is C11H21N3. The third-order valence-corrected chi connectivity index (χ3v) is 4.12. The summed E-state index contributed by atoms with van der Waals surface area (Å²) in [5.74, 6) is 0.968. The zero-order valence-corrected chi connectivity index (χ0v) is 8.84. The van der Waals surface area contributed by atoms with E-state index in [1.807, 2.05) is 0 Å². The largest absolute Gasteiger partial charge is 0.317 e. The zero-order chi connectivity index (χ0) is 9.38. The lowest BCUT2D eigenvalue weighted by molar-refractivity contribution is 0.174. The molecule has 0 aromatic carbocycles. The van der Waals surface area contributed by atoms with E-state index >= 15 is 0 Å². The van der Waals surface area contributed by atoms with E-state index in [2.05, 4.69) is 15.5 Å². The van der Waals surface area contributed by atoms with Gasteiger partial charge in [0.15, 0.2) is 0 Å². The lowest BCUT2D eigenvalue weighted by Crippen LogP contribution is -2.46. The van der Waals surface area contributed by atoms with E-state index in [1.165, 1.54) is 52.0 Å². The lowest BCUT2D eigenvalue weighted by atomic mass is 9.97. The smallest absolute Gasteiger partial charge is 0.0236 e. The molecule has 0 aromatic heterocycles. The molecule has 0 amide bonds. The number of fused-ring (bicyclic) bond motifs is 2. The summed E-state index contributed by atoms with van der Waals surface area (Å²) < 4.78 is 0. The van der Waals surface area contributed by atoms with Gasteiger partial charge in [0.1, 0.15) is 0 Å². The Balaban J connectivity index is 1.52. The van der Waals surface area contributed by atoms with Gasteiger partial charge in [0.25, 0.3) is 0 Å². The van der Waals surface area contributed by atoms with Crippen LogP contribution in [0.4, 0.5) is 0 Å². The first-order chi connectivity index (χ1) is 6.92. The Hall–Kier alpha value is -0.120. The van der Waals surface area contributed by atoms with Crippen molar-refractivity contribution < 1.29 is 0 Å². The Morgan fingerprint density at radius 3 is 2.71 bits per heavy atom. The van der Waals surface area contributed by atoms with Crippen molar-refractivity contribution in [2.45, 2.75) is 31.3 Å². The second-order valence-electron chi connectivity index (χ2n) is 5.14. The molecule has 3 heterocycles. The van der Waals surface area contributed by atoms with Gasteiger partial charge in [0.2, 0.25) is 0 Å². The number of hydrogen-bond acceptors (Lipinski definition) is 3. The topological polar surface area (TPSA) is 27.3 Å². The average molecular weight is 195 g/mol. The van der Waals surface area contributed by atoms with Gasteiger partial charge in [-0.2, -0.15) is 0 Å². The minimum atomic E-state index is 0.821. The first-order valence-corrected chi connectivity index (χ1v) is 6.10. The third-order valence-electron chi connectivity index (χ3n) is 4.12. The molecule has 3 aliphatic heterocycles. The lowest BCUT2D eigenvalue weighted by Gasteiger charge is -2.32. The Kier molecular flexibility index (Phi) is 2.48. The van der Waals surface area contributed by atoms with Crippen molar-refractivity contribution in [1.82, 2.24) is 15.5 Å². The maximum atomic E-state index is 3.57. The van der Waals surface area contributed by atoms with E-state index in [-0.39, 0.29) is 0 Å². The molecule has 3 heteroatoms. The molecule has 3 rings (SSSR count). The molecule has 2 atom stereocenters. The van der Waals surface area contributed by atoms with Crippen molar-refractivity contribution in [1.29, 1.82) is 0 Å². The van der Waals surface area contributed by atoms with Gasteiger partial charge in [-0.3, -0.25) is 4.90 Å². The average Bonchev–Trinajstić information content (AvgIpc) is 2.81. The SMILES string of the molecule is C1CC(CN2C[C@H]3C[C@@H]2CN3)CCN1. The fourth-order valence-electron chi connectivity index (χ4n) is 3.27. The molecule has 0 aromatic rings. The summed E-state index contributed by atoms with van der Waals surface area (Å²) >= 11 is 0. The molecule has 0 radical (unpaired) electrons. The van der Waals surface area contributed by atoms with Crippen molar-refractivity contribution >= 4 is 0 Å². The van der Waals surface area contributed by atoms with Crippen LogP contribution in [0.2, 0.25) is 0 Å². The summed E-state index contributed by atoms with van der Waals surface area (Å²) in [7, 11) is 0. The highest BCUT2D eigenvalue weighted by Gasteiger charge is 2.38. The van der Waals surface area contributed by atoms with Gasteiger partial charge in [-0.05, 0) is 38.3 Å². The van der Waals surface area contributed by atoms with Crippen LogP contribution in [0.25, 0.3) is 0 Å². The monoisotopic (exact) mass is 195 g/mol. The molecule has 3 aliphatic rings. The molecule has 3 fully saturated rings. The summed E-state index contributed by atoms with van der Waals surface area (Å²) in [4.78, 5) is 2.73. The minimum Gasteiger partial charge on any atom is -0.317 e. The van der Waals surface area contributed by atoms with Gasteiger partial charge < -0.3 is 10.6 Å². The van der Waals surface area contributed by atoms with Crippen molar-refractivity contribution in [2.75, 3.05) is 32.7 Å². The summed E-state index contributed by atoms with van der Waals surface area (Å²) in [6, 6.07) is 1.69. The van der Waals surface area contributed by atoms with Crippen LogP contribution in [0.1, 0.15) is 19.3 Å². The molecule has 3 saturated heterocycles. The number of hydrogen-bond donors (Lipinski definition) is 2. The van der Waals surface area contributed by atoms with Crippen molar-refractivity contribution in [3.8, 4) is 0 Å². The molecule has 0 spiro atoms. The predicted octanol–water partition coefficient (Wildman–Crippen LogP) is 0.0321. The molecule has 80 valence electrons. The highest BCUT2D eigenvalue weighted by Crippen LogP contribution is 2.25. The van der Waals surface area contributed by atoms with Gasteiger partial charge in [-0.15, -0.1) is 0 Å². The first kappa shape index (κ1) is 9.13. The van der Waals surface area contributed by atoms with Crippen LogP contribution in [0.15, 0.2) is 0 Å². The maximum Gasteiger partial charge on any atom is 0.0236 e. The predicted molar refractivity (Wildman–Crippen MR) is 57.4 cm³/mol. The van der Waals surface area contributed by atoms with E-state index in [1.54, 1.807) is 0 Å². The van der Waals surface area contributed by atoms with Gasteiger partial charge in [-0.25, -0.2) is 0 Å². The summed E-state index contributed by atoms with van der Waals surface area (Å²) in [6.45, 7) is 6.41.